The summed E-state index contributed by atoms with van der Waals surface area (Å²) in [6.07, 6.45) is 0. The van der Waals surface area contributed by atoms with Crippen LogP contribution in [-0.4, -0.2) is 71.7 Å². The van der Waals surface area contributed by atoms with Gasteiger partial charge in [-0.05, 0) is 11.4 Å². The Labute approximate surface area is 133 Å². The summed E-state index contributed by atoms with van der Waals surface area (Å²) < 4.78 is 0. The van der Waals surface area contributed by atoms with Crippen molar-refractivity contribution in [3.8, 4) is 0 Å². The van der Waals surface area contributed by atoms with Crippen molar-refractivity contribution in [2.75, 3.05) is 39.3 Å². The molecule has 2 aliphatic rings. The molecule has 3 rings (SSSR count). The largest absolute Gasteiger partial charge is 0.339 e. The van der Waals surface area contributed by atoms with Gasteiger partial charge in [0.25, 0.3) is 5.91 Å². The minimum Gasteiger partial charge on any atom is -0.339 e. The molecule has 2 aliphatic heterocycles. The Hall–Kier alpha value is -1.89. The van der Waals surface area contributed by atoms with Crippen LogP contribution in [0.25, 0.3) is 0 Å². The lowest BCUT2D eigenvalue weighted by Crippen LogP contribution is -2.59. The van der Waals surface area contributed by atoms with Crippen LogP contribution in [0.3, 0.4) is 0 Å². The normalized spacial score (nSPS) is 19.0. The molecule has 0 aliphatic carbocycles. The molecule has 0 aromatic carbocycles. The Balaban J connectivity index is 1.48. The number of amides is 3. The van der Waals surface area contributed by atoms with Crippen molar-refractivity contribution in [3.05, 3.63) is 22.4 Å². The molecular formula is C15H19N3O3S. The van der Waals surface area contributed by atoms with E-state index in [1.54, 1.807) is 16.7 Å². The molecule has 3 heterocycles. The van der Waals surface area contributed by atoms with Crippen molar-refractivity contribution in [2.24, 2.45) is 5.92 Å². The van der Waals surface area contributed by atoms with Gasteiger partial charge in [0.1, 0.15) is 0 Å². The van der Waals surface area contributed by atoms with Gasteiger partial charge in [-0.1, -0.05) is 6.07 Å². The lowest BCUT2D eigenvalue weighted by atomic mass is 9.97. The minimum absolute atomic E-state index is 0.0143. The molecule has 7 heteroatoms. The van der Waals surface area contributed by atoms with Crippen LogP contribution in [-0.2, 0) is 9.59 Å². The summed E-state index contributed by atoms with van der Waals surface area (Å²) in [5.74, 6) is 0.0927. The highest BCUT2D eigenvalue weighted by Crippen LogP contribution is 2.23. The van der Waals surface area contributed by atoms with Crippen LogP contribution in [0.15, 0.2) is 17.5 Å². The van der Waals surface area contributed by atoms with Crippen molar-refractivity contribution >= 4 is 29.1 Å². The maximum atomic E-state index is 12.4. The molecule has 118 valence electrons. The quantitative estimate of drug-likeness (QED) is 0.797. The first-order valence-electron chi connectivity index (χ1n) is 7.43. The number of carbonyl (C=O) groups is 3. The average molecular weight is 321 g/mol. The molecule has 6 nitrogen and oxygen atoms in total. The monoisotopic (exact) mass is 321 g/mol. The van der Waals surface area contributed by atoms with E-state index < -0.39 is 0 Å². The van der Waals surface area contributed by atoms with Gasteiger partial charge in [-0.15, -0.1) is 11.3 Å². The Morgan fingerprint density at radius 2 is 1.68 bits per heavy atom. The van der Waals surface area contributed by atoms with Gasteiger partial charge in [0.2, 0.25) is 11.8 Å². The van der Waals surface area contributed by atoms with Crippen LogP contribution in [0.1, 0.15) is 16.6 Å². The van der Waals surface area contributed by atoms with Crippen LogP contribution in [0.5, 0.6) is 0 Å². The molecule has 0 atom stereocenters. The summed E-state index contributed by atoms with van der Waals surface area (Å²) in [5, 5.41) is 1.88. The molecule has 0 saturated carbocycles. The van der Waals surface area contributed by atoms with E-state index in [9.17, 15) is 14.4 Å². The lowest BCUT2D eigenvalue weighted by molar-refractivity contribution is -0.144. The standard InChI is InChI=1S/C15H19N3O3S/c1-11(19)16-4-6-17(7-5-16)14(20)12-9-18(10-12)15(21)13-3-2-8-22-13/h2-3,8,12H,4-7,9-10H2,1H3. The van der Waals surface area contributed by atoms with Gasteiger partial charge in [-0.2, -0.15) is 0 Å². The van der Waals surface area contributed by atoms with Crippen molar-refractivity contribution in [1.82, 2.24) is 14.7 Å². The topological polar surface area (TPSA) is 60.9 Å². The molecule has 0 radical (unpaired) electrons. The van der Waals surface area contributed by atoms with Gasteiger partial charge in [-0.3, -0.25) is 14.4 Å². The van der Waals surface area contributed by atoms with Gasteiger partial charge in [0.05, 0.1) is 10.8 Å². The highest BCUT2D eigenvalue weighted by atomic mass is 32.1. The fourth-order valence-corrected chi connectivity index (χ4v) is 3.55. The van der Waals surface area contributed by atoms with E-state index in [-0.39, 0.29) is 23.6 Å². The van der Waals surface area contributed by atoms with Crippen LogP contribution >= 0.6 is 11.3 Å². The molecule has 1 aromatic rings. The molecule has 0 bridgehead atoms. The van der Waals surface area contributed by atoms with Crippen molar-refractivity contribution < 1.29 is 14.4 Å². The second-order valence-corrected chi connectivity index (χ2v) is 6.66. The van der Waals surface area contributed by atoms with Gasteiger partial charge in [0.15, 0.2) is 0 Å². The summed E-state index contributed by atoms with van der Waals surface area (Å²) >= 11 is 1.43. The van der Waals surface area contributed by atoms with Crippen LogP contribution < -0.4 is 0 Å². The number of thiophene rings is 1. The number of likely N-dealkylation sites (tertiary alicyclic amines) is 1. The molecule has 22 heavy (non-hydrogen) atoms. The molecule has 2 saturated heterocycles. The Bertz CT molecular complexity index is 573. The number of hydrogen-bond acceptors (Lipinski definition) is 4. The van der Waals surface area contributed by atoms with E-state index in [1.165, 1.54) is 11.3 Å². The van der Waals surface area contributed by atoms with E-state index in [0.717, 1.165) is 4.88 Å². The molecule has 2 fully saturated rings. The van der Waals surface area contributed by atoms with Crippen LogP contribution in [0.2, 0.25) is 0 Å². The third kappa shape index (κ3) is 2.85. The zero-order chi connectivity index (χ0) is 15.7. The van der Waals surface area contributed by atoms with E-state index in [2.05, 4.69) is 0 Å². The first-order valence-corrected chi connectivity index (χ1v) is 8.31. The number of nitrogens with zero attached hydrogens (tertiary/aromatic N) is 3. The first kappa shape index (κ1) is 15.0. The third-order valence-corrected chi connectivity index (χ3v) is 5.14. The molecule has 3 amide bonds. The second-order valence-electron chi connectivity index (χ2n) is 5.72. The number of carbonyl (C=O) groups excluding carboxylic acids is 3. The smallest absolute Gasteiger partial charge is 0.263 e. The lowest BCUT2D eigenvalue weighted by Gasteiger charge is -2.42. The van der Waals surface area contributed by atoms with Gasteiger partial charge in [-0.25, -0.2) is 0 Å². The van der Waals surface area contributed by atoms with Gasteiger partial charge in [0, 0.05) is 46.2 Å². The highest BCUT2D eigenvalue weighted by molar-refractivity contribution is 7.12. The zero-order valence-corrected chi connectivity index (χ0v) is 13.3. The Kier molecular flexibility index (Phi) is 4.15. The second kappa shape index (κ2) is 6.08. The van der Waals surface area contributed by atoms with E-state index >= 15 is 0 Å². The molecule has 0 N–H and O–H groups in total. The van der Waals surface area contributed by atoms with Crippen molar-refractivity contribution in [1.29, 1.82) is 0 Å². The third-order valence-electron chi connectivity index (χ3n) is 4.29. The van der Waals surface area contributed by atoms with Crippen LogP contribution in [0.4, 0.5) is 0 Å². The number of piperazine rings is 1. The van der Waals surface area contributed by atoms with Crippen molar-refractivity contribution in [2.45, 2.75) is 6.92 Å². The predicted octanol–water partition coefficient (Wildman–Crippen LogP) is 0.511. The fraction of sp³-hybridized carbons (Fsp3) is 0.533. The van der Waals surface area contributed by atoms with E-state index in [1.807, 2.05) is 22.4 Å². The maximum absolute atomic E-state index is 12.4. The number of rotatable bonds is 2. The average Bonchev–Trinajstić information content (AvgIpc) is 2.99. The molecule has 0 spiro atoms. The predicted molar refractivity (Wildman–Crippen MR) is 82.5 cm³/mol. The van der Waals surface area contributed by atoms with E-state index in [4.69, 9.17) is 0 Å². The van der Waals surface area contributed by atoms with Crippen LogP contribution in [0, 0.1) is 5.92 Å². The maximum Gasteiger partial charge on any atom is 0.263 e. The van der Waals surface area contributed by atoms with Gasteiger partial charge < -0.3 is 14.7 Å². The van der Waals surface area contributed by atoms with Gasteiger partial charge >= 0.3 is 0 Å². The highest BCUT2D eigenvalue weighted by Gasteiger charge is 2.39. The molecule has 0 unspecified atom stereocenters. The summed E-state index contributed by atoms with van der Waals surface area (Å²) in [6, 6.07) is 3.66. The SMILES string of the molecule is CC(=O)N1CCN(C(=O)C2CN(C(=O)c3cccs3)C2)CC1. The molecule has 1 aromatic heterocycles. The Morgan fingerprint density at radius 1 is 1.05 bits per heavy atom. The zero-order valence-electron chi connectivity index (χ0n) is 12.5. The summed E-state index contributed by atoms with van der Waals surface area (Å²) in [7, 11) is 0. The van der Waals surface area contributed by atoms with E-state index in [0.29, 0.717) is 39.3 Å². The first-order chi connectivity index (χ1) is 10.6. The molecular weight excluding hydrogens is 302 g/mol. The summed E-state index contributed by atoms with van der Waals surface area (Å²) in [5.41, 5.74) is 0. The fourth-order valence-electron chi connectivity index (χ4n) is 2.86. The number of hydrogen-bond donors (Lipinski definition) is 0. The summed E-state index contributed by atoms with van der Waals surface area (Å²) in [6.45, 7) is 4.95. The van der Waals surface area contributed by atoms with Crippen molar-refractivity contribution in [3.63, 3.8) is 0 Å². The Morgan fingerprint density at radius 3 is 2.23 bits per heavy atom. The summed E-state index contributed by atoms with van der Waals surface area (Å²) in [4.78, 5) is 41.8. The minimum atomic E-state index is -0.0900.